The van der Waals surface area contributed by atoms with Gasteiger partial charge in [-0.2, -0.15) is 13.2 Å². The van der Waals surface area contributed by atoms with Crippen molar-refractivity contribution in [3.8, 4) is 0 Å². The molecule has 6 heteroatoms. The standard InChI is InChI=1S/C13H26F3N3/c1-12(4-5-17)3-2-6-18-7-9-19(10-8-18)11-13(14,15)16/h12H,2-11,17H2,1H3. The molecule has 0 aliphatic carbocycles. The first-order chi connectivity index (χ1) is 8.90. The van der Waals surface area contributed by atoms with Crippen molar-refractivity contribution < 1.29 is 13.2 Å². The number of halogens is 3. The van der Waals surface area contributed by atoms with Gasteiger partial charge in [0.15, 0.2) is 0 Å². The summed E-state index contributed by atoms with van der Waals surface area (Å²) in [6, 6.07) is 0. The van der Waals surface area contributed by atoms with Crippen LogP contribution >= 0.6 is 0 Å². The van der Waals surface area contributed by atoms with Crippen LogP contribution in [0.5, 0.6) is 0 Å². The van der Waals surface area contributed by atoms with Crippen molar-refractivity contribution in [3.05, 3.63) is 0 Å². The highest BCUT2D eigenvalue weighted by Gasteiger charge is 2.31. The quantitative estimate of drug-likeness (QED) is 0.774. The molecule has 0 bridgehead atoms. The number of piperazine rings is 1. The second kappa shape index (κ2) is 8.07. The molecule has 114 valence electrons. The van der Waals surface area contributed by atoms with Gasteiger partial charge in [0, 0.05) is 26.2 Å². The fourth-order valence-corrected chi connectivity index (χ4v) is 2.52. The lowest BCUT2D eigenvalue weighted by atomic mass is 10.0. The van der Waals surface area contributed by atoms with Crippen LogP contribution in [0.3, 0.4) is 0 Å². The van der Waals surface area contributed by atoms with Gasteiger partial charge < -0.3 is 10.6 Å². The molecule has 1 heterocycles. The van der Waals surface area contributed by atoms with E-state index in [4.69, 9.17) is 5.73 Å². The molecule has 1 atom stereocenters. The smallest absolute Gasteiger partial charge is 0.330 e. The van der Waals surface area contributed by atoms with Crippen LogP contribution in [0.2, 0.25) is 0 Å². The Morgan fingerprint density at radius 3 is 2.16 bits per heavy atom. The SMILES string of the molecule is CC(CCN)CCCN1CCN(CC(F)(F)F)CC1. The molecule has 0 aromatic heterocycles. The zero-order chi connectivity index (χ0) is 14.3. The summed E-state index contributed by atoms with van der Waals surface area (Å²) in [7, 11) is 0. The van der Waals surface area contributed by atoms with Crippen LogP contribution < -0.4 is 5.73 Å². The van der Waals surface area contributed by atoms with Gasteiger partial charge in [-0.05, 0) is 38.3 Å². The molecule has 1 saturated heterocycles. The summed E-state index contributed by atoms with van der Waals surface area (Å²) in [6.45, 7) is 5.72. The van der Waals surface area contributed by atoms with Crippen molar-refractivity contribution in [3.63, 3.8) is 0 Å². The number of rotatable bonds is 7. The zero-order valence-corrected chi connectivity index (χ0v) is 11.8. The maximum Gasteiger partial charge on any atom is 0.401 e. The first kappa shape index (κ1) is 16.7. The Bertz CT molecular complexity index is 238. The highest BCUT2D eigenvalue weighted by molar-refractivity contribution is 4.74. The molecular formula is C13H26F3N3. The van der Waals surface area contributed by atoms with Crippen molar-refractivity contribution in [2.75, 3.05) is 45.8 Å². The Morgan fingerprint density at radius 1 is 1.05 bits per heavy atom. The van der Waals surface area contributed by atoms with Gasteiger partial charge in [0.2, 0.25) is 0 Å². The maximum atomic E-state index is 12.2. The first-order valence-electron chi connectivity index (χ1n) is 7.12. The Balaban J connectivity index is 2.10. The van der Waals surface area contributed by atoms with E-state index in [-0.39, 0.29) is 0 Å². The number of alkyl halides is 3. The molecule has 0 radical (unpaired) electrons. The van der Waals surface area contributed by atoms with E-state index < -0.39 is 12.7 Å². The molecular weight excluding hydrogens is 255 g/mol. The largest absolute Gasteiger partial charge is 0.401 e. The van der Waals surface area contributed by atoms with Gasteiger partial charge in [-0.25, -0.2) is 0 Å². The number of nitrogens with two attached hydrogens (primary N) is 1. The van der Waals surface area contributed by atoms with Crippen molar-refractivity contribution in [1.82, 2.24) is 9.80 Å². The molecule has 1 unspecified atom stereocenters. The molecule has 1 fully saturated rings. The van der Waals surface area contributed by atoms with Crippen LogP contribution in [0.15, 0.2) is 0 Å². The summed E-state index contributed by atoms with van der Waals surface area (Å²) in [4.78, 5) is 3.76. The molecule has 1 aliphatic rings. The normalized spacial score (nSPS) is 20.7. The van der Waals surface area contributed by atoms with Crippen molar-refractivity contribution in [2.24, 2.45) is 11.7 Å². The lowest BCUT2D eigenvalue weighted by molar-refractivity contribution is -0.149. The van der Waals surface area contributed by atoms with E-state index in [2.05, 4.69) is 11.8 Å². The minimum absolute atomic E-state index is 0.526. The van der Waals surface area contributed by atoms with E-state index in [9.17, 15) is 13.2 Å². The molecule has 1 aliphatic heterocycles. The Labute approximate surface area is 113 Å². The predicted octanol–water partition coefficient (Wildman–Crippen LogP) is 1.93. The van der Waals surface area contributed by atoms with Gasteiger partial charge in [0.05, 0.1) is 6.54 Å². The van der Waals surface area contributed by atoms with E-state index in [1.54, 1.807) is 0 Å². The van der Waals surface area contributed by atoms with Crippen LogP contribution in [0.25, 0.3) is 0 Å². The van der Waals surface area contributed by atoms with Crippen molar-refractivity contribution in [2.45, 2.75) is 32.4 Å². The summed E-state index contributed by atoms with van der Waals surface area (Å²) in [5, 5.41) is 0. The average Bonchev–Trinajstić information content (AvgIpc) is 2.30. The topological polar surface area (TPSA) is 32.5 Å². The van der Waals surface area contributed by atoms with Gasteiger partial charge in [-0.15, -0.1) is 0 Å². The fraction of sp³-hybridized carbons (Fsp3) is 1.00. The number of hydrogen-bond donors (Lipinski definition) is 1. The zero-order valence-electron chi connectivity index (χ0n) is 11.8. The van der Waals surface area contributed by atoms with Crippen molar-refractivity contribution >= 4 is 0 Å². The van der Waals surface area contributed by atoms with Crippen LogP contribution in [0.1, 0.15) is 26.2 Å². The average molecular weight is 281 g/mol. The molecule has 0 aromatic carbocycles. The van der Waals surface area contributed by atoms with Crippen LogP contribution in [-0.2, 0) is 0 Å². The molecule has 19 heavy (non-hydrogen) atoms. The van der Waals surface area contributed by atoms with Gasteiger partial charge >= 0.3 is 6.18 Å². The number of nitrogens with zero attached hydrogens (tertiary/aromatic N) is 2. The lowest BCUT2D eigenvalue weighted by Crippen LogP contribution is -2.49. The van der Waals surface area contributed by atoms with E-state index in [0.29, 0.717) is 19.0 Å². The fourth-order valence-electron chi connectivity index (χ4n) is 2.52. The molecule has 2 N–H and O–H groups in total. The van der Waals surface area contributed by atoms with Crippen molar-refractivity contribution in [1.29, 1.82) is 0 Å². The van der Waals surface area contributed by atoms with Crippen LogP contribution in [0, 0.1) is 5.92 Å². The first-order valence-corrected chi connectivity index (χ1v) is 7.12. The lowest BCUT2D eigenvalue weighted by Gasteiger charge is -2.35. The molecule has 0 aromatic rings. The van der Waals surface area contributed by atoms with Gasteiger partial charge in [0.1, 0.15) is 0 Å². The van der Waals surface area contributed by atoms with E-state index in [1.807, 2.05) is 0 Å². The Morgan fingerprint density at radius 2 is 1.63 bits per heavy atom. The highest BCUT2D eigenvalue weighted by atomic mass is 19.4. The second-order valence-corrected chi connectivity index (χ2v) is 5.56. The molecule has 3 nitrogen and oxygen atoms in total. The minimum Gasteiger partial charge on any atom is -0.330 e. The van der Waals surface area contributed by atoms with E-state index in [1.165, 1.54) is 4.90 Å². The van der Waals surface area contributed by atoms with E-state index >= 15 is 0 Å². The van der Waals surface area contributed by atoms with Crippen LogP contribution in [0.4, 0.5) is 13.2 Å². The summed E-state index contributed by atoms with van der Waals surface area (Å²) >= 11 is 0. The third kappa shape index (κ3) is 7.74. The minimum atomic E-state index is -4.07. The highest BCUT2D eigenvalue weighted by Crippen LogP contribution is 2.17. The molecule has 1 rings (SSSR count). The predicted molar refractivity (Wildman–Crippen MR) is 71.0 cm³/mol. The molecule has 0 saturated carbocycles. The number of hydrogen-bond acceptors (Lipinski definition) is 3. The third-order valence-electron chi connectivity index (χ3n) is 3.70. The summed E-state index contributed by atoms with van der Waals surface area (Å²) in [5.74, 6) is 0.650. The molecule has 0 amide bonds. The van der Waals surface area contributed by atoms with Gasteiger partial charge in [0.25, 0.3) is 0 Å². The maximum absolute atomic E-state index is 12.2. The Hall–Kier alpha value is -0.330. The van der Waals surface area contributed by atoms with Crippen LogP contribution in [-0.4, -0.2) is 61.8 Å². The van der Waals surface area contributed by atoms with Gasteiger partial charge in [-0.1, -0.05) is 6.92 Å². The monoisotopic (exact) mass is 281 g/mol. The summed E-state index contributed by atoms with van der Waals surface area (Å²) in [6.07, 6.45) is -0.750. The van der Waals surface area contributed by atoms with E-state index in [0.717, 1.165) is 45.4 Å². The Kier molecular flexibility index (Phi) is 7.10. The molecule has 0 spiro atoms. The second-order valence-electron chi connectivity index (χ2n) is 5.56. The summed E-state index contributed by atoms with van der Waals surface area (Å²) < 4.78 is 36.7. The third-order valence-corrected chi connectivity index (χ3v) is 3.70. The van der Waals surface area contributed by atoms with Gasteiger partial charge in [-0.3, -0.25) is 4.90 Å². The summed E-state index contributed by atoms with van der Waals surface area (Å²) in [5.41, 5.74) is 5.50.